The summed E-state index contributed by atoms with van der Waals surface area (Å²) in [5.41, 5.74) is 0.293. The Hall–Kier alpha value is -2.49. The van der Waals surface area contributed by atoms with Crippen LogP contribution in [-0.4, -0.2) is 56.1 Å². The van der Waals surface area contributed by atoms with Crippen molar-refractivity contribution in [2.24, 2.45) is 0 Å². The lowest BCUT2D eigenvalue weighted by Crippen LogP contribution is -2.38. The Kier molecular flexibility index (Phi) is 8.55. The van der Waals surface area contributed by atoms with Crippen LogP contribution in [0, 0.1) is 5.82 Å². The van der Waals surface area contributed by atoms with E-state index in [1.165, 1.54) is 58.7 Å². The molecule has 0 aliphatic carbocycles. The first-order chi connectivity index (χ1) is 14.6. The average molecular weight is 470 g/mol. The number of carbonyl (C=O) groups excluding carboxylic acids is 2. The number of sulfonamides is 1. The number of likely N-dealkylation sites (N-methyl/N-ethyl adjacent to an activating group) is 1. The van der Waals surface area contributed by atoms with Crippen LogP contribution in [0.2, 0.25) is 5.02 Å². The number of nitrogens with zero attached hydrogens (tertiary/aromatic N) is 2. The molecule has 0 spiro atoms. The Morgan fingerprint density at radius 2 is 1.74 bits per heavy atom. The van der Waals surface area contributed by atoms with Gasteiger partial charge < -0.3 is 10.2 Å². The zero-order chi connectivity index (χ0) is 23.2. The molecule has 0 unspecified atom stereocenters. The smallest absolute Gasteiger partial charge is 0.251 e. The molecular weight excluding hydrogens is 445 g/mol. The van der Waals surface area contributed by atoms with Gasteiger partial charge >= 0.3 is 0 Å². The SMILES string of the molecule is CCN(CC)S(=O)(=O)c1cccc(C(=O)NCC(=O)N(C)Cc2c(F)cccc2Cl)c1. The summed E-state index contributed by atoms with van der Waals surface area (Å²) in [6, 6.07) is 9.87. The Balaban J connectivity index is 2.05. The van der Waals surface area contributed by atoms with Gasteiger partial charge in [0, 0.05) is 42.8 Å². The summed E-state index contributed by atoms with van der Waals surface area (Å²) in [7, 11) is -2.25. The molecule has 10 heteroatoms. The van der Waals surface area contributed by atoms with Crippen LogP contribution in [0.4, 0.5) is 4.39 Å². The van der Waals surface area contributed by atoms with E-state index in [1.54, 1.807) is 13.8 Å². The molecule has 0 saturated carbocycles. The van der Waals surface area contributed by atoms with E-state index in [0.29, 0.717) is 13.1 Å². The highest BCUT2D eigenvalue weighted by atomic mass is 35.5. The van der Waals surface area contributed by atoms with Gasteiger partial charge in [0.05, 0.1) is 11.4 Å². The number of nitrogens with one attached hydrogen (secondary N) is 1. The van der Waals surface area contributed by atoms with Gasteiger partial charge in [0.2, 0.25) is 15.9 Å². The molecule has 168 valence electrons. The van der Waals surface area contributed by atoms with Gasteiger partial charge in [-0.3, -0.25) is 9.59 Å². The Bertz CT molecular complexity index is 1040. The minimum absolute atomic E-state index is 0.00138. The summed E-state index contributed by atoms with van der Waals surface area (Å²) in [6.45, 7) is 3.68. The van der Waals surface area contributed by atoms with E-state index in [-0.39, 0.29) is 34.1 Å². The largest absolute Gasteiger partial charge is 0.343 e. The maximum Gasteiger partial charge on any atom is 0.251 e. The molecule has 0 aromatic heterocycles. The summed E-state index contributed by atoms with van der Waals surface area (Å²) in [5.74, 6) is -1.58. The highest BCUT2D eigenvalue weighted by molar-refractivity contribution is 7.89. The molecule has 31 heavy (non-hydrogen) atoms. The number of carbonyl (C=O) groups is 2. The van der Waals surface area contributed by atoms with Crippen LogP contribution < -0.4 is 5.32 Å². The molecule has 2 amide bonds. The summed E-state index contributed by atoms with van der Waals surface area (Å²) < 4.78 is 40.5. The zero-order valence-electron chi connectivity index (χ0n) is 17.6. The molecule has 0 aliphatic heterocycles. The first kappa shape index (κ1) is 24.8. The van der Waals surface area contributed by atoms with Crippen LogP contribution in [0.1, 0.15) is 29.8 Å². The van der Waals surface area contributed by atoms with Gasteiger partial charge in [-0.2, -0.15) is 4.31 Å². The fraction of sp³-hybridized carbons (Fsp3) is 0.333. The van der Waals surface area contributed by atoms with E-state index in [9.17, 15) is 22.4 Å². The molecule has 1 N–H and O–H groups in total. The van der Waals surface area contributed by atoms with Gasteiger partial charge in [0.1, 0.15) is 5.82 Å². The third-order valence-corrected chi connectivity index (χ3v) is 7.12. The summed E-state index contributed by atoms with van der Waals surface area (Å²) in [4.78, 5) is 26.0. The van der Waals surface area contributed by atoms with Gasteiger partial charge in [-0.05, 0) is 30.3 Å². The molecule has 0 bridgehead atoms. The minimum Gasteiger partial charge on any atom is -0.343 e. The van der Waals surface area contributed by atoms with E-state index in [4.69, 9.17) is 11.6 Å². The zero-order valence-corrected chi connectivity index (χ0v) is 19.1. The van der Waals surface area contributed by atoms with Crippen molar-refractivity contribution < 1.29 is 22.4 Å². The lowest BCUT2D eigenvalue weighted by atomic mass is 10.2. The lowest BCUT2D eigenvalue weighted by molar-refractivity contribution is -0.129. The summed E-state index contributed by atoms with van der Waals surface area (Å²) in [5, 5.41) is 2.67. The van der Waals surface area contributed by atoms with E-state index in [0.717, 1.165) is 0 Å². The van der Waals surface area contributed by atoms with E-state index >= 15 is 0 Å². The second-order valence-electron chi connectivity index (χ2n) is 6.75. The predicted octanol–water partition coefficient (Wildman–Crippen LogP) is 2.90. The molecule has 0 heterocycles. The first-order valence-electron chi connectivity index (χ1n) is 9.67. The Labute approximate surface area is 186 Å². The van der Waals surface area contributed by atoms with Gasteiger partial charge in [-0.15, -0.1) is 0 Å². The molecule has 2 aromatic carbocycles. The number of amides is 2. The molecule has 0 atom stereocenters. The van der Waals surface area contributed by atoms with Crippen LogP contribution in [0.3, 0.4) is 0 Å². The van der Waals surface area contributed by atoms with E-state index in [1.807, 2.05) is 0 Å². The third kappa shape index (κ3) is 6.03. The summed E-state index contributed by atoms with van der Waals surface area (Å²) in [6.07, 6.45) is 0. The van der Waals surface area contributed by atoms with Crippen LogP contribution in [0.25, 0.3) is 0 Å². The van der Waals surface area contributed by atoms with Gasteiger partial charge in [-0.25, -0.2) is 12.8 Å². The van der Waals surface area contributed by atoms with E-state index in [2.05, 4.69) is 5.32 Å². The number of benzene rings is 2. The second kappa shape index (κ2) is 10.7. The van der Waals surface area contributed by atoms with Crippen molar-refractivity contribution >= 4 is 33.4 Å². The van der Waals surface area contributed by atoms with E-state index < -0.39 is 27.7 Å². The molecule has 0 saturated heterocycles. The number of hydrogen-bond donors (Lipinski definition) is 1. The number of rotatable bonds is 9. The molecule has 0 fully saturated rings. The molecule has 2 rings (SSSR count). The normalized spacial score (nSPS) is 11.4. The number of halogens is 2. The van der Waals surface area contributed by atoms with Crippen LogP contribution in [-0.2, 0) is 21.4 Å². The highest BCUT2D eigenvalue weighted by Gasteiger charge is 2.23. The Morgan fingerprint density at radius 3 is 2.35 bits per heavy atom. The standard InChI is InChI=1S/C21H25ClFN3O4S/c1-4-26(5-2)31(29,30)16-9-6-8-15(12-16)21(28)24-13-20(27)25(3)14-17-18(22)10-7-11-19(17)23/h6-12H,4-5,13-14H2,1-3H3,(H,24,28). The topological polar surface area (TPSA) is 86.8 Å². The van der Waals surface area contributed by atoms with Crippen LogP contribution in [0.15, 0.2) is 47.4 Å². The molecule has 0 aliphatic rings. The van der Waals surface area contributed by atoms with Crippen molar-refractivity contribution in [3.63, 3.8) is 0 Å². The monoisotopic (exact) mass is 469 g/mol. The van der Waals surface area contributed by atoms with Crippen LogP contribution >= 0.6 is 11.6 Å². The van der Waals surface area contributed by atoms with Crippen molar-refractivity contribution in [3.05, 3.63) is 64.4 Å². The van der Waals surface area contributed by atoms with Gasteiger partial charge in [-0.1, -0.05) is 37.6 Å². The van der Waals surface area contributed by atoms with Gasteiger partial charge in [0.15, 0.2) is 0 Å². The third-order valence-electron chi connectivity index (χ3n) is 4.72. The first-order valence-corrected chi connectivity index (χ1v) is 11.5. The van der Waals surface area contributed by atoms with Crippen LogP contribution in [0.5, 0.6) is 0 Å². The van der Waals surface area contributed by atoms with Crippen molar-refractivity contribution in [2.75, 3.05) is 26.7 Å². The fourth-order valence-electron chi connectivity index (χ4n) is 2.91. The lowest BCUT2D eigenvalue weighted by Gasteiger charge is -2.19. The van der Waals surface area contributed by atoms with Crippen molar-refractivity contribution in [1.29, 1.82) is 0 Å². The summed E-state index contributed by atoms with van der Waals surface area (Å²) >= 11 is 5.98. The molecule has 2 aromatic rings. The van der Waals surface area contributed by atoms with Crippen molar-refractivity contribution in [2.45, 2.75) is 25.3 Å². The average Bonchev–Trinajstić information content (AvgIpc) is 2.75. The molecule has 7 nitrogen and oxygen atoms in total. The second-order valence-corrected chi connectivity index (χ2v) is 9.09. The molecule has 0 radical (unpaired) electrons. The fourth-order valence-corrected chi connectivity index (χ4v) is 4.64. The number of hydrogen-bond acceptors (Lipinski definition) is 4. The minimum atomic E-state index is -3.71. The quantitative estimate of drug-likeness (QED) is 0.611. The van der Waals surface area contributed by atoms with Gasteiger partial charge in [0.25, 0.3) is 5.91 Å². The molecular formula is C21H25ClFN3O4S. The predicted molar refractivity (Wildman–Crippen MR) is 117 cm³/mol. The Morgan fingerprint density at radius 1 is 1.10 bits per heavy atom. The maximum absolute atomic E-state index is 13.9. The highest BCUT2D eigenvalue weighted by Crippen LogP contribution is 2.20. The maximum atomic E-state index is 13.9. The van der Waals surface area contributed by atoms with Crippen molar-refractivity contribution in [1.82, 2.24) is 14.5 Å². The van der Waals surface area contributed by atoms with Crippen molar-refractivity contribution in [3.8, 4) is 0 Å².